The molecule has 0 spiro atoms. The Bertz CT molecular complexity index is 935. The van der Waals surface area contributed by atoms with Crippen LogP contribution in [-0.4, -0.2) is 22.0 Å². The summed E-state index contributed by atoms with van der Waals surface area (Å²) in [6, 6.07) is 13.5. The molecule has 0 aliphatic heterocycles. The molecule has 1 amide bonds. The van der Waals surface area contributed by atoms with Crippen LogP contribution in [0.4, 0.5) is 5.82 Å². The number of nitrogens with zero attached hydrogens (tertiary/aromatic N) is 2. The summed E-state index contributed by atoms with van der Waals surface area (Å²) < 4.78 is 11.2. The summed E-state index contributed by atoms with van der Waals surface area (Å²) >= 11 is 12.0. The van der Waals surface area contributed by atoms with Crippen LogP contribution in [0.25, 0.3) is 0 Å². The number of benzene rings is 1. The van der Waals surface area contributed by atoms with Crippen molar-refractivity contribution in [3.63, 3.8) is 0 Å². The molecule has 0 saturated heterocycles. The van der Waals surface area contributed by atoms with Gasteiger partial charge in [-0.05, 0) is 55.5 Å². The molecule has 0 unspecified atom stereocenters. The van der Waals surface area contributed by atoms with E-state index in [1.165, 1.54) is 0 Å². The normalized spacial score (nSPS) is 11.5. The van der Waals surface area contributed by atoms with Crippen molar-refractivity contribution in [2.45, 2.75) is 13.0 Å². The minimum absolute atomic E-state index is 0.288. The minimum Gasteiger partial charge on any atom is -0.481 e. The van der Waals surface area contributed by atoms with Gasteiger partial charge in [-0.15, -0.1) is 0 Å². The monoisotopic (exact) mass is 403 g/mol. The predicted molar refractivity (Wildman–Crippen MR) is 104 cm³/mol. The number of anilines is 1. The lowest BCUT2D eigenvalue weighted by Crippen LogP contribution is -2.30. The molecule has 8 heteroatoms. The van der Waals surface area contributed by atoms with Crippen LogP contribution in [0.5, 0.6) is 17.4 Å². The summed E-state index contributed by atoms with van der Waals surface area (Å²) in [6.45, 7) is 1.63. The highest BCUT2D eigenvalue weighted by atomic mass is 35.5. The molecule has 0 saturated carbocycles. The Labute approximate surface area is 166 Å². The Morgan fingerprint density at radius 2 is 1.59 bits per heavy atom. The highest BCUT2D eigenvalue weighted by Gasteiger charge is 2.16. The molecule has 3 rings (SSSR count). The second-order valence-corrected chi connectivity index (χ2v) is 6.26. The Morgan fingerprint density at radius 1 is 0.963 bits per heavy atom. The first kappa shape index (κ1) is 18.9. The van der Waals surface area contributed by atoms with Crippen LogP contribution in [0.2, 0.25) is 10.0 Å². The van der Waals surface area contributed by atoms with E-state index in [2.05, 4.69) is 15.3 Å². The van der Waals surface area contributed by atoms with E-state index in [9.17, 15) is 4.79 Å². The van der Waals surface area contributed by atoms with Crippen molar-refractivity contribution in [2.24, 2.45) is 0 Å². The number of pyridine rings is 2. The quantitative estimate of drug-likeness (QED) is 0.627. The van der Waals surface area contributed by atoms with Gasteiger partial charge in [-0.3, -0.25) is 4.79 Å². The smallest absolute Gasteiger partial charge is 0.266 e. The Kier molecular flexibility index (Phi) is 6.11. The van der Waals surface area contributed by atoms with E-state index in [-0.39, 0.29) is 11.7 Å². The van der Waals surface area contributed by atoms with Crippen molar-refractivity contribution in [3.8, 4) is 17.4 Å². The van der Waals surface area contributed by atoms with Gasteiger partial charge in [-0.2, -0.15) is 0 Å². The molecule has 27 heavy (non-hydrogen) atoms. The van der Waals surface area contributed by atoms with Crippen molar-refractivity contribution < 1.29 is 14.3 Å². The predicted octanol–water partition coefficient (Wildman–Crippen LogP) is 4.98. The number of halogens is 2. The maximum atomic E-state index is 12.2. The van der Waals surface area contributed by atoms with Gasteiger partial charge in [-0.1, -0.05) is 23.2 Å². The summed E-state index contributed by atoms with van der Waals surface area (Å²) in [5, 5.41) is 3.39. The fourth-order valence-electron chi connectivity index (χ4n) is 2.10. The first-order valence-corrected chi connectivity index (χ1v) is 8.75. The Balaban J connectivity index is 1.60. The number of rotatable bonds is 6. The summed E-state index contributed by atoms with van der Waals surface area (Å²) in [7, 11) is 0. The number of carbonyl (C=O) groups is 1. The van der Waals surface area contributed by atoms with Crippen LogP contribution in [0.15, 0.2) is 60.9 Å². The van der Waals surface area contributed by atoms with Crippen molar-refractivity contribution in [1.29, 1.82) is 0 Å². The number of aromatic nitrogens is 2. The highest BCUT2D eigenvalue weighted by molar-refractivity contribution is 6.33. The largest absolute Gasteiger partial charge is 0.481 e. The van der Waals surface area contributed by atoms with Crippen molar-refractivity contribution in [2.75, 3.05) is 5.32 Å². The highest BCUT2D eigenvalue weighted by Crippen LogP contribution is 2.28. The number of ether oxygens (including phenoxy) is 2. The van der Waals surface area contributed by atoms with Gasteiger partial charge in [0.1, 0.15) is 16.5 Å². The number of hydrogen-bond donors (Lipinski definition) is 1. The fraction of sp³-hybridized carbons (Fsp3) is 0.105. The second-order valence-electron chi connectivity index (χ2n) is 5.45. The van der Waals surface area contributed by atoms with E-state index < -0.39 is 6.10 Å². The zero-order chi connectivity index (χ0) is 19.2. The number of carbonyl (C=O) groups excluding carboxylic acids is 1. The van der Waals surface area contributed by atoms with Gasteiger partial charge in [0.15, 0.2) is 11.9 Å². The van der Waals surface area contributed by atoms with Crippen LogP contribution in [-0.2, 0) is 4.79 Å². The summed E-state index contributed by atoms with van der Waals surface area (Å²) in [5.74, 6) is 1.28. The molecule has 1 N–H and O–H groups in total. The van der Waals surface area contributed by atoms with Gasteiger partial charge in [0.2, 0.25) is 5.88 Å². The van der Waals surface area contributed by atoms with E-state index in [0.29, 0.717) is 27.4 Å². The van der Waals surface area contributed by atoms with E-state index >= 15 is 0 Å². The third kappa shape index (κ3) is 5.09. The third-order valence-corrected chi connectivity index (χ3v) is 4.04. The molecule has 2 aromatic heterocycles. The van der Waals surface area contributed by atoms with Crippen LogP contribution in [0.3, 0.4) is 0 Å². The standard InChI is InChI=1S/C19H15Cl2N3O3/c1-12(18(25)24-17-15(20)4-2-10-22-17)26-13-6-8-14(9-7-13)27-19-16(21)5-3-11-23-19/h2-12H,1H3,(H,22,24,25)/t12-/m1/s1. The molecule has 1 atom stereocenters. The molecule has 138 valence electrons. The van der Waals surface area contributed by atoms with Crippen LogP contribution >= 0.6 is 23.2 Å². The molecule has 2 heterocycles. The average molecular weight is 404 g/mol. The fourth-order valence-corrected chi connectivity index (χ4v) is 2.43. The molecule has 0 fully saturated rings. The minimum atomic E-state index is -0.750. The Hall–Kier alpha value is -2.83. The zero-order valence-corrected chi connectivity index (χ0v) is 15.7. The maximum absolute atomic E-state index is 12.2. The van der Waals surface area contributed by atoms with Gasteiger partial charge >= 0.3 is 0 Å². The lowest BCUT2D eigenvalue weighted by molar-refractivity contribution is -0.122. The second kappa shape index (κ2) is 8.70. The number of nitrogens with one attached hydrogen (secondary N) is 1. The van der Waals surface area contributed by atoms with E-state index in [1.54, 1.807) is 67.8 Å². The van der Waals surface area contributed by atoms with Gasteiger partial charge in [0.05, 0.1) is 5.02 Å². The van der Waals surface area contributed by atoms with Crippen molar-refractivity contribution in [3.05, 3.63) is 71.0 Å². The number of hydrogen-bond acceptors (Lipinski definition) is 5. The molecule has 0 aliphatic carbocycles. The molecule has 0 aliphatic rings. The zero-order valence-electron chi connectivity index (χ0n) is 14.2. The van der Waals surface area contributed by atoms with Gasteiger partial charge in [0.25, 0.3) is 5.91 Å². The Morgan fingerprint density at radius 3 is 2.26 bits per heavy atom. The average Bonchev–Trinajstić information content (AvgIpc) is 2.67. The topological polar surface area (TPSA) is 73.3 Å². The lowest BCUT2D eigenvalue weighted by atomic mass is 10.3. The first-order chi connectivity index (χ1) is 13.0. The molecular formula is C19H15Cl2N3O3. The first-order valence-electron chi connectivity index (χ1n) is 7.99. The van der Waals surface area contributed by atoms with Crippen LogP contribution in [0, 0.1) is 0 Å². The van der Waals surface area contributed by atoms with Crippen LogP contribution < -0.4 is 14.8 Å². The van der Waals surface area contributed by atoms with Gasteiger partial charge in [0, 0.05) is 12.4 Å². The van der Waals surface area contributed by atoms with Crippen molar-refractivity contribution in [1.82, 2.24) is 9.97 Å². The molecule has 0 bridgehead atoms. The van der Waals surface area contributed by atoms with Crippen molar-refractivity contribution >= 4 is 34.9 Å². The molecular weight excluding hydrogens is 389 g/mol. The molecule has 6 nitrogen and oxygen atoms in total. The molecule has 0 radical (unpaired) electrons. The summed E-state index contributed by atoms with van der Waals surface area (Å²) in [4.78, 5) is 20.3. The maximum Gasteiger partial charge on any atom is 0.266 e. The summed E-state index contributed by atoms with van der Waals surface area (Å²) in [6.07, 6.45) is 2.38. The van der Waals surface area contributed by atoms with E-state index in [4.69, 9.17) is 32.7 Å². The SMILES string of the molecule is C[C@@H](Oc1ccc(Oc2ncccc2Cl)cc1)C(=O)Nc1ncccc1Cl. The van der Waals surface area contributed by atoms with E-state index in [0.717, 1.165) is 0 Å². The number of amides is 1. The summed E-state index contributed by atoms with van der Waals surface area (Å²) in [5.41, 5.74) is 0. The van der Waals surface area contributed by atoms with Gasteiger partial charge < -0.3 is 14.8 Å². The van der Waals surface area contributed by atoms with Gasteiger partial charge in [-0.25, -0.2) is 9.97 Å². The molecule has 3 aromatic rings. The van der Waals surface area contributed by atoms with E-state index in [1.807, 2.05) is 0 Å². The lowest BCUT2D eigenvalue weighted by Gasteiger charge is -2.15. The molecule has 1 aromatic carbocycles. The van der Waals surface area contributed by atoms with Crippen LogP contribution in [0.1, 0.15) is 6.92 Å². The third-order valence-electron chi connectivity index (χ3n) is 3.45.